The Morgan fingerprint density at radius 3 is 2.89 bits per heavy atom. The van der Waals surface area contributed by atoms with E-state index in [1.807, 2.05) is 0 Å². The maximum Gasteiger partial charge on any atom is 0.0954 e. The minimum absolute atomic E-state index is 0.466. The average molecular weight is 268 g/mol. The molecule has 1 atom stereocenters. The van der Waals surface area contributed by atoms with E-state index in [2.05, 4.69) is 36.1 Å². The van der Waals surface area contributed by atoms with E-state index in [1.54, 1.807) is 11.3 Å². The summed E-state index contributed by atoms with van der Waals surface area (Å²) in [6, 6.07) is 0.466. The second-order valence-corrected chi connectivity index (χ2v) is 6.34. The highest BCUT2D eigenvalue weighted by Crippen LogP contribution is 2.21. The standard InChI is InChI=1S/C13H24N4S/c1-10(2)13-15-11(9-18-13)7-17-5-4-16(3)8-12(17)6-14/h9-10,12H,4-8,14H2,1-3H3. The third-order valence-corrected chi connectivity index (χ3v) is 4.70. The zero-order chi connectivity index (χ0) is 13.1. The molecule has 4 nitrogen and oxygen atoms in total. The van der Waals surface area contributed by atoms with Gasteiger partial charge in [-0.1, -0.05) is 13.8 Å². The van der Waals surface area contributed by atoms with E-state index < -0.39 is 0 Å². The number of rotatable bonds is 4. The lowest BCUT2D eigenvalue weighted by Gasteiger charge is -2.39. The monoisotopic (exact) mass is 268 g/mol. The molecule has 1 unspecified atom stereocenters. The number of nitrogens with two attached hydrogens (primary N) is 1. The Kier molecular flexibility index (Phi) is 4.72. The number of thiazole rings is 1. The second-order valence-electron chi connectivity index (χ2n) is 5.45. The van der Waals surface area contributed by atoms with Crippen LogP contribution in [0.25, 0.3) is 0 Å². The first-order valence-corrected chi connectivity index (χ1v) is 7.55. The lowest BCUT2D eigenvalue weighted by molar-refractivity contribution is 0.0871. The summed E-state index contributed by atoms with van der Waals surface area (Å²) in [6.07, 6.45) is 0. The molecule has 1 saturated heterocycles. The van der Waals surface area contributed by atoms with Crippen molar-refractivity contribution in [1.29, 1.82) is 0 Å². The van der Waals surface area contributed by atoms with Crippen LogP contribution in [0.5, 0.6) is 0 Å². The Hall–Kier alpha value is -0.490. The maximum atomic E-state index is 5.88. The summed E-state index contributed by atoms with van der Waals surface area (Å²) in [4.78, 5) is 9.54. The largest absolute Gasteiger partial charge is 0.329 e. The molecule has 0 amide bonds. The molecule has 0 aliphatic carbocycles. The fourth-order valence-corrected chi connectivity index (χ4v) is 3.17. The average Bonchev–Trinajstić information content (AvgIpc) is 2.80. The molecule has 1 aliphatic rings. The van der Waals surface area contributed by atoms with Crippen molar-refractivity contribution in [3.63, 3.8) is 0 Å². The third kappa shape index (κ3) is 3.29. The predicted octanol–water partition coefficient (Wildman–Crippen LogP) is 1.34. The van der Waals surface area contributed by atoms with Crippen LogP contribution >= 0.6 is 11.3 Å². The second kappa shape index (κ2) is 6.10. The van der Waals surface area contributed by atoms with E-state index >= 15 is 0 Å². The zero-order valence-corrected chi connectivity index (χ0v) is 12.4. The molecule has 1 fully saturated rings. The minimum Gasteiger partial charge on any atom is -0.329 e. The molecule has 0 spiro atoms. The molecule has 1 aromatic rings. The number of likely N-dealkylation sites (N-methyl/N-ethyl adjacent to an activating group) is 1. The Labute approximate surface area is 114 Å². The van der Waals surface area contributed by atoms with Gasteiger partial charge in [0.1, 0.15) is 0 Å². The third-order valence-electron chi connectivity index (χ3n) is 3.51. The zero-order valence-electron chi connectivity index (χ0n) is 11.6. The number of nitrogens with zero attached hydrogens (tertiary/aromatic N) is 3. The van der Waals surface area contributed by atoms with Crippen molar-refractivity contribution < 1.29 is 0 Å². The van der Waals surface area contributed by atoms with Gasteiger partial charge in [0.05, 0.1) is 10.7 Å². The molecule has 5 heteroatoms. The quantitative estimate of drug-likeness (QED) is 0.895. The SMILES string of the molecule is CC(C)c1nc(CN2CCN(C)CC2CN)cs1. The van der Waals surface area contributed by atoms with E-state index in [0.29, 0.717) is 12.0 Å². The summed E-state index contributed by atoms with van der Waals surface area (Å²) >= 11 is 1.78. The van der Waals surface area contributed by atoms with Crippen LogP contribution < -0.4 is 5.73 Å². The first-order valence-electron chi connectivity index (χ1n) is 6.67. The van der Waals surface area contributed by atoms with Crippen LogP contribution in [-0.4, -0.2) is 54.1 Å². The Bertz CT molecular complexity index is 377. The summed E-state index contributed by atoms with van der Waals surface area (Å²) in [6.45, 7) is 9.34. The predicted molar refractivity (Wildman–Crippen MR) is 77.0 cm³/mol. The van der Waals surface area contributed by atoms with Gasteiger partial charge in [0, 0.05) is 50.1 Å². The van der Waals surface area contributed by atoms with Gasteiger partial charge in [0.25, 0.3) is 0 Å². The highest BCUT2D eigenvalue weighted by molar-refractivity contribution is 7.09. The smallest absolute Gasteiger partial charge is 0.0954 e. The molecule has 0 aromatic carbocycles. The number of hydrogen-bond acceptors (Lipinski definition) is 5. The van der Waals surface area contributed by atoms with Crippen LogP contribution in [0.1, 0.15) is 30.5 Å². The van der Waals surface area contributed by atoms with Crippen LogP contribution in [0.2, 0.25) is 0 Å². The molecule has 2 heterocycles. The molecule has 18 heavy (non-hydrogen) atoms. The van der Waals surface area contributed by atoms with Gasteiger partial charge in [-0.05, 0) is 7.05 Å². The van der Waals surface area contributed by atoms with Crippen molar-refractivity contribution in [3.05, 3.63) is 16.1 Å². The number of aromatic nitrogens is 1. The summed E-state index contributed by atoms with van der Waals surface area (Å²) in [5, 5.41) is 3.43. The molecular formula is C13H24N4S. The number of piperazine rings is 1. The summed E-state index contributed by atoms with van der Waals surface area (Å²) in [5.41, 5.74) is 7.08. The van der Waals surface area contributed by atoms with Gasteiger partial charge in [0.15, 0.2) is 0 Å². The Morgan fingerprint density at radius 2 is 2.28 bits per heavy atom. The Balaban J connectivity index is 1.98. The van der Waals surface area contributed by atoms with Gasteiger partial charge < -0.3 is 10.6 Å². The highest BCUT2D eigenvalue weighted by Gasteiger charge is 2.24. The fraction of sp³-hybridized carbons (Fsp3) is 0.769. The van der Waals surface area contributed by atoms with Crippen molar-refractivity contribution in [3.8, 4) is 0 Å². The van der Waals surface area contributed by atoms with E-state index in [9.17, 15) is 0 Å². The van der Waals surface area contributed by atoms with Crippen molar-refractivity contribution >= 4 is 11.3 Å². The highest BCUT2D eigenvalue weighted by atomic mass is 32.1. The number of hydrogen-bond donors (Lipinski definition) is 1. The van der Waals surface area contributed by atoms with Crippen molar-refractivity contribution in [2.75, 3.05) is 33.2 Å². The van der Waals surface area contributed by atoms with E-state index in [4.69, 9.17) is 10.7 Å². The lowest BCUT2D eigenvalue weighted by atomic mass is 10.1. The van der Waals surface area contributed by atoms with Crippen molar-refractivity contribution in [2.45, 2.75) is 32.4 Å². The summed E-state index contributed by atoms with van der Waals surface area (Å²) < 4.78 is 0. The lowest BCUT2D eigenvalue weighted by Crippen LogP contribution is -2.54. The summed E-state index contributed by atoms with van der Waals surface area (Å²) in [5.74, 6) is 0.529. The van der Waals surface area contributed by atoms with Crippen LogP contribution in [0.15, 0.2) is 5.38 Å². The van der Waals surface area contributed by atoms with Gasteiger partial charge in [-0.2, -0.15) is 0 Å². The van der Waals surface area contributed by atoms with Crippen molar-refractivity contribution in [1.82, 2.24) is 14.8 Å². The minimum atomic E-state index is 0.466. The molecule has 0 radical (unpaired) electrons. The molecule has 2 N–H and O–H groups in total. The maximum absolute atomic E-state index is 5.88. The molecule has 102 valence electrons. The first-order chi connectivity index (χ1) is 8.60. The molecule has 1 aromatic heterocycles. The molecule has 1 aliphatic heterocycles. The summed E-state index contributed by atoms with van der Waals surface area (Å²) in [7, 11) is 2.17. The van der Waals surface area contributed by atoms with Crippen LogP contribution in [0.4, 0.5) is 0 Å². The molecule has 2 rings (SSSR count). The van der Waals surface area contributed by atoms with E-state index in [0.717, 1.165) is 32.7 Å². The van der Waals surface area contributed by atoms with E-state index in [1.165, 1.54) is 10.7 Å². The van der Waals surface area contributed by atoms with E-state index in [-0.39, 0.29) is 0 Å². The topological polar surface area (TPSA) is 45.4 Å². The van der Waals surface area contributed by atoms with Crippen LogP contribution in [-0.2, 0) is 6.54 Å². The molecule has 0 saturated carbocycles. The fourth-order valence-electron chi connectivity index (χ4n) is 2.35. The van der Waals surface area contributed by atoms with Gasteiger partial charge in [-0.25, -0.2) is 4.98 Å². The van der Waals surface area contributed by atoms with Gasteiger partial charge in [-0.15, -0.1) is 11.3 Å². The first kappa shape index (κ1) is 13.9. The molecular weight excluding hydrogens is 244 g/mol. The normalized spacial score (nSPS) is 22.8. The van der Waals surface area contributed by atoms with Gasteiger partial charge in [0.2, 0.25) is 0 Å². The van der Waals surface area contributed by atoms with Crippen LogP contribution in [0.3, 0.4) is 0 Å². The van der Waals surface area contributed by atoms with Crippen LogP contribution in [0, 0.1) is 0 Å². The van der Waals surface area contributed by atoms with Gasteiger partial charge >= 0.3 is 0 Å². The van der Waals surface area contributed by atoms with Crippen molar-refractivity contribution in [2.24, 2.45) is 5.73 Å². The molecule has 0 bridgehead atoms. The Morgan fingerprint density at radius 1 is 1.50 bits per heavy atom. The van der Waals surface area contributed by atoms with Gasteiger partial charge in [-0.3, -0.25) is 4.90 Å².